The third kappa shape index (κ3) is 3.22. The molecule has 0 aromatic carbocycles. The molecule has 0 spiro atoms. The van der Waals surface area contributed by atoms with Gasteiger partial charge in [-0.3, -0.25) is 0 Å². The Morgan fingerprint density at radius 3 is 2.89 bits per heavy atom. The highest BCUT2D eigenvalue weighted by molar-refractivity contribution is 5.93. The summed E-state index contributed by atoms with van der Waals surface area (Å²) in [6, 6.07) is 1.52. The lowest BCUT2D eigenvalue weighted by Gasteiger charge is -2.23. The van der Waals surface area contributed by atoms with E-state index in [4.69, 9.17) is 0 Å². The minimum absolute atomic E-state index is 0.248. The molecule has 5 nitrogen and oxygen atoms in total. The van der Waals surface area contributed by atoms with Gasteiger partial charge < -0.3 is 10.0 Å². The van der Waals surface area contributed by atoms with Crippen LogP contribution in [0.2, 0.25) is 0 Å². The highest BCUT2D eigenvalue weighted by Crippen LogP contribution is 2.27. The first-order valence-corrected chi connectivity index (χ1v) is 6.89. The van der Waals surface area contributed by atoms with Crippen LogP contribution in [0.1, 0.15) is 43.5 Å². The molecular weight excluding hydrogens is 242 g/mol. The highest BCUT2D eigenvalue weighted by atomic mass is 16.4. The number of carbonyl (C=O) groups is 1. The molecule has 104 valence electrons. The van der Waals surface area contributed by atoms with Crippen molar-refractivity contribution in [1.82, 2.24) is 10.2 Å². The Kier molecular flexibility index (Phi) is 4.35. The van der Waals surface area contributed by atoms with Gasteiger partial charge in [-0.05, 0) is 37.2 Å². The van der Waals surface area contributed by atoms with E-state index < -0.39 is 5.97 Å². The van der Waals surface area contributed by atoms with E-state index in [2.05, 4.69) is 28.9 Å². The summed E-state index contributed by atoms with van der Waals surface area (Å²) < 4.78 is 0. The van der Waals surface area contributed by atoms with Crippen molar-refractivity contribution in [2.24, 2.45) is 11.8 Å². The molecule has 19 heavy (non-hydrogen) atoms. The summed E-state index contributed by atoms with van der Waals surface area (Å²) in [5.41, 5.74) is 0.248. The van der Waals surface area contributed by atoms with E-state index in [0.717, 1.165) is 31.8 Å². The van der Waals surface area contributed by atoms with Crippen molar-refractivity contribution in [1.29, 1.82) is 0 Å². The molecule has 5 heteroatoms. The Morgan fingerprint density at radius 1 is 1.42 bits per heavy atom. The van der Waals surface area contributed by atoms with Gasteiger partial charge in [0.05, 0.1) is 6.20 Å². The average molecular weight is 263 g/mol. The van der Waals surface area contributed by atoms with Gasteiger partial charge in [0, 0.05) is 13.1 Å². The van der Waals surface area contributed by atoms with Crippen LogP contribution in [0.3, 0.4) is 0 Å². The van der Waals surface area contributed by atoms with Gasteiger partial charge in [0.1, 0.15) is 5.56 Å². The fourth-order valence-electron chi connectivity index (χ4n) is 2.73. The van der Waals surface area contributed by atoms with Crippen molar-refractivity contribution in [3.8, 4) is 0 Å². The highest BCUT2D eigenvalue weighted by Gasteiger charge is 2.23. The summed E-state index contributed by atoms with van der Waals surface area (Å²) in [7, 11) is 0. The summed E-state index contributed by atoms with van der Waals surface area (Å²) in [5.74, 6) is 0.977. The van der Waals surface area contributed by atoms with Gasteiger partial charge in [0.2, 0.25) is 0 Å². The molecule has 0 amide bonds. The van der Waals surface area contributed by atoms with Gasteiger partial charge in [-0.25, -0.2) is 4.79 Å². The van der Waals surface area contributed by atoms with Crippen molar-refractivity contribution < 1.29 is 9.90 Å². The molecule has 1 unspecified atom stereocenters. The minimum atomic E-state index is -0.936. The fraction of sp³-hybridized carbons (Fsp3) is 0.643. The lowest BCUT2D eigenvalue weighted by Crippen LogP contribution is -2.27. The fourth-order valence-corrected chi connectivity index (χ4v) is 2.73. The van der Waals surface area contributed by atoms with E-state index >= 15 is 0 Å². The summed E-state index contributed by atoms with van der Waals surface area (Å²) in [4.78, 5) is 13.3. The number of carboxylic acid groups (broad SMARTS) is 1. The number of aromatic carboxylic acids is 1. The van der Waals surface area contributed by atoms with Gasteiger partial charge in [0.25, 0.3) is 0 Å². The predicted molar refractivity (Wildman–Crippen MR) is 73.4 cm³/mol. The molecule has 1 aliphatic heterocycles. The Hall–Kier alpha value is -1.65. The molecule has 0 saturated carbocycles. The summed E-state index contributed by atoms with van der Waals surface area (Å²) in [6.45, 7) is 6.24. The second kappa shape index (κ2) is 5.99. The van der Waals surface area contributed by atoms with Crippen LogP contribution in [0.4, 0.5) is 5.82 Å². The van der Waals surface area contributed by atoms with E-state index in [-0.39, 0.29) is 5.56 Å². The largest absolute Gasteiger partial charge is 0.478 e. The molecule has 1 N–H and O–H groups in total. The van der Waals surface area contributed by atoms with E-state index in [0.29, 0.717) is 11.7 Å². The zero-order valence-corrected chi connectivity index (χ0v) is 11.5. The van der Waals surface area contributed by atoms with E-state index in [1.165, 1.54) is 18.7 Å². The smallest absolute Gasteiger partial charge is 0.339 e. The summed E-state index contributed by atoms with van der Waals surface area (Å²) in [5, 5.41) is 17.1. The minimum Gasteiger partial charge on any atom is -0.478 e. The Labute approximate surface area is 113 Å². The predicted octanol–water partition coefficient (Wildman–Crippen LogP) is 2.44. The Morgan fingerprint density at radius 2 is 2.21 bits per heavy atom. The van der Waals surface area contributed by atoms with Crippen LogP contribution in [-0.4, -0.2) is 34.4 Å². The zero-order chi connectivity index (χ0) is 13.8. The quantitative estimate of drug-likeness (QED) is 0.907. The standard InChI is InChI=1S/C14H21N3O2/c1-10(2)11-4-3-8-17(9-6-11)13-12(14(18)19)5-7-15-16-13/h5,7,10-11H,3-4,6,8-9H2,1-2H3,(H,18,19). The molecule has 2 rings (SSSR count). The number of hydrogen-bond donors (Lipinski definition) is 1. The third-order valence-corrected chi connectivity index (χ3v) is 3.95. The van der Waals surface area contributed by atoms with Gasteiger partial charge >= 0.3 is 5.97 Å². The number of carboxylic acids is 1. The van der Waals surface area contributed by atoms with Crippen LogP contribution < -0.4 is 4.90 Å². The topological polar surface area (TPSA) is 66.3 Å². The molecule has 1 aliphatic rings. The molecule has 1 aromatic heterocycles. The van der Waals surface area contributed by atoms with Crippen molar-refractivity contribution in [2.45, 2.75) is 33.1 Å². The molecule has 0 radical (unpaired) electrons. The maximum Gasteiger partial charge on any atom is 0.339 e. The zero-order valence-electron chi connectivity index (χ0n) is 11.5. The Bertz CT molecular complexity index is 448. The lowest BCUT2D eigenvalue weighted by molar-refractivity contribution is 0.0697. The van der Waals surface area contributed by atoms with Crippen molar-refractivity contribution in [3.05, 3.63) is 17.8 Å². The van der Waals surface area contributed by atoms with E-state index in [1.807, 2.05) is 0 Å². The lowest BCUT2D eigenvalue weighted by atomic mass is 9.89. The molecule has 0 aliphatic carbocycles. The summed E-state index contributed by atoms with van der Waals surface area (Å²) in [6.07, 6.45) is 4.81. The number of aromatic nitrogens is 2. The molecule has 1 saturated heterocycles. The second-order valence-electron chi connectivity index (χ2n) is 5.50. The first-order chi connectivity index (χ1) is 9.09. The average Bonchev–Trinajstić information content (AvgIpc) is 2.64. The maximum atomic E-state index is 11.2. The van der Waals surface area contributed by atoms with Crippen molar-refractivity contribution in [2.75, 3.05) is 18.0 Å². The molecule has 1 fully saturated rings. The van der Waals surface area contributed by atoms with Crippen LogP contribution in [-0.2, 0) is 0 Å². The van der Waals surface area contributed by atoms with E-state index in [1.54, 1.807) is 0 Å². The number of nitrogens with zero attached hydrogens (tertiary/aromatic N) is 3. The molecule has 1 atom stereocenters. The van der Waals surface area contributed by atoms with Crippen LogP contribution in [0.25, 0.3) is 0 Å². The van der Waals surface area contributed by atoms with Gasteiger partial charge in [0.15, 0.2) is 5.82 Å². The van der Waals surface area contributed by atoms with Gasteiger partial charge in [-0.15, -0.1) is 5.10 Å². The van der Waals surface area contributed by atoms with Crippen LogP contribution in [0.15, 0.2) is 12.3 Å². The molecule has 1 aromatic rings. The van der Waals surface area contributed by atoms with Crippen molar-refractivity contribution in [3.63, 3.8) is 0 Å². The molecule has 2 heterocycles. The number of anilines is 1. The monoisotopic (exact) mass is 263 g/mol. The molecule has 0 bridgehead atoms. The normalized spacial score (nSPS) is 20.4. The maximum absolute atomic E-state index is 11.2. The number of rotatable bonds is 3. The van der Waals surface area contributed by atoms with Crippen molar-refractivity contribution >= 4 is 11.8 Å². The third-order valence-electron chi connectivity index (χ3n) is 3.95. The molecular formula is C14H21N3O2. The van der Waals surface area contributed by atoms with Crippen LogP contribution >= 0.6 is 0 Å². The first-order valence-electron chi connectivity index (χ1n) is 6.89. The van der Waals surface area contributed by atoms with Gasteiger partial charge in [-0.2, -0.15) is 5.10 Å². The second-order valence-corrected chi connectivity index (χ2v) is 5.50. The van der Waals surface area contributed by atoms with Crippen LogP contribution in [0.5, 0.6) is 0 Å². The van der Waals surface area contributed by atoms with E-state index in [9.17, 15) is 9.90 Å². The Balaban J connectivity index is 2.16. The first kappa shape index (κ1) is 13.8. The van der Waals surface area contributed by atoms with Gasteiger partial charge in [-0.1, -0.05) is 13.8 Å². The SMILES string of the molecule is CC(C)C1CCCN(c2nnccc2C(=O)O)CC1. The summed E-state index contributed by atoms with van der Waals surface area (Å²) >= 11 is 0. The number of hydrogen-bond acceptors (Lipinski definition) is 4. The van der Waals surface area contributed by atoms with Crippen LogP contribution in [0, 0.1) is 11.8 Å².